The van der Waals surface area contributed by atoms with E-state index in [1.54, 1.807) is 0 Å². The molecule has 0 aromatic carbocycles. The second kappa shape index (κ2) is 3.33. The Kier molecular flexibility index (Phi) is 2.88. The van der Waals surface area contributed by atoms with Crippen LogP contribution in [-0.4, -0.2) is 10.5 Å². The second-order valence-corrected chi connectivity index (χ2v) is 0.719. The summed E-state index contributed by atoms with van der Waals surface area (Å²) < 4.78 is 4.04. The van der Waals surface area contributed by atoms with E-state index < -0.39 is 0 Å². The van der Waals surface area contributed by atoms with E-state index in [9.17, 15) is 0 Å². The first-order valence-electron chi connectivity index (χ1n) is 0.991. The normalized spacial score (nSPS) is 5.60. The summed E-state index contributed by atoms with van der Waals surface area (Å²) in [5, 5.41) is 2.71. The highest BCUT2D eigenvalue weighted by atomic mass is 28.2. The molecule has 0 radical (unpaired) electrons. The van der Waals surface area contributed by atoms with Gasteiger partial charge in [-0.1, -0.05) is 0 Å². The minimum atomic E-state index is 0.478. The molecular formula is H3N3OSi. The average Bonchev–Trinajstić information content (AvgIpc) is 1.41. The molecule has 4 nitrogen and oxygen atoms in total. The van der Waals surface area contributed by atoms with Crippen LogP contribution >= 0.6 is 0 Å². The topological polar surface area (TPSA) is 58.0 Å². The van der Waals surface area contributed by atoms with Crippen molar-refractivity contribution < 1.29 is 4.53 Å². The minimum Gasteiger partial charge on any atom is -0.498 e. The molecule has 0 aliphatic heterocycles. The molecule has 0 fully saturated rings. The predicted molar refractivity (Wildman–Crippen MR) is 20.2 cm³/mol. The summed E-state index contributed by atoms with van der Waals surface area (Å²) >= 11 is 0. The standard InChI is InChI=1S/H3N3OSi/c1-2-3-4-5/h5H3. The van der Waals surface area contributed by atoms with Gasteiger partial charge in [0.25, 0.3) is 0 Å². The van der Waals surface area contributed by atoms with Crippen molar-refractivity contribution in [1.82, 2.24) is 0 Å². The number of hydrogen-bond donors (Lipinski definition) is 0. The smallest absolute Gasteiger partial charge is 0.215 e. The number of nitrogens with zero attached hydrogens (tertiary/aromatic N) is 3. The lowest BCUT2D eigenvalue weighted by atomic mass is 12.9. The Labute approximate surface area is 31.9 Å². The molecule has 28 valence electrons. The molecule has 0 spiro atoms. The third-order valence-corrected chi connectivity index (χ3v) is 0.281. The van der Waals surface area contributed by atoms with E-state index in [-0.39, 0.29) is 0 Å². The van der Waals surface area contributed by atoms with E-state index in [4.69, 9.17) is 5.53 Å². The van der Waals surface area contributed by atoms with Crippen LogP contribution in [0.4, 0.5) is 0 Å². The van der Waals surface area contributed by atoms with Crippen LogP contribution in [0, 0.1) is 0 Å². The van der Waals surface area contributed by atoms with Gasteiger partial charge in [-0.2, -0.15) is 0 Å². The summed E-state index contributed by atoms with van der Waals surface area (Å²) in [5.41, 5.74) is 7.42. The van der Waals surface area contributed by atoms with Crippen LogP contribution in [-0.2, 0) is 4.53 Å². The maximum Gasteiger partial charge on any atom is 0.215 e. The lowest BCUT2D eigenvalue weighted by Crippen LogP contribution is -1.58. The Morgan fingerprint density at radius 3 is 2.60 bits per heavy atom. The summed E-state index contributed by atoms with van der Waals surface area (Å²) in [5.74, 6) is 0. The van der Waals surface area contributed by atoms with E-state index >= 15 is 0 Å². The third kappa shape index (κ3) is 3.33. The summed E-state index contributed by atoms with van der Waals surface area (Å²) in [4.78, 5) is 2.29. The number of hydrogen-bond acceptors (Lipinski definition) is 2. The van der Waals surface area contributed by atoms with Crippen molar-refractivity contribution in [3.63, 3.8) is 0 Å². The van der Waals surface area contributed by atoms with Crippen LogP contribution in [0.2, 0.25) is 0 Å². The van der Waals surface area contributed by atoms with Crippen molar-refractivity contribution in [2.75, 3.05) is 0 Å². The Hall–Kier alpha value is -0.673. The van der Waals surface area contributed by atoms with Crippen molar-refractivity contribution in [2.24, 2.45) is 5.28 Å². The fourth-order valence-electron chi connectivity index (χ4n) is 0.0365. The maximum absolute atomic E-state index is 7.42. The van der Waals surface area contributed by atoms with Crippen molar-refractivity contribution in [3.05, 3.63) is 10.4 Å². The van der Waals surface area contributed by atoms with Crippen molar-refractivity contribution in [3.8, 4) is 0 Å². The van der Waals surface area contributed by atoms with Gasteiger partial charge in [-0.05, 0) is 5.53 Å². The van der Waals surface area contributed by atoms with E-state index in [0.717, 1.165) is 0 Å². The van der Waals surface area contributed by atoms with E-state index in [1.807, 2.05) is 0 Å². The highest BCUT2D eigenvalue weighted by Crippen LogP contribution is 1.59. The zero-order chi connectivity index (χ0) is 4.12. The molecule has 0 heterocycles. The summed E-state index contributed by atoms with van der Waals surface area (Å²) in [6.07, 6.45) is 0. The Morgan fingerprint density at radius 2 is 2.60 bits per heavy atom. The first-order chi connectivity index (χ1) is 2.41. The summed E-state index contributed by atoms with van der Waals surface area (Å²) in [6.45, 7) is 0. The van der Waals surface area contributed by atoms with Gasteiger partial charge in [-0.3, -0.25) is 0 Å². The molecule has 0 rings (SSSR count). The molecule has 0 saturated carbocycles. The second-order valence-electron chi connectivity index (χ2n) is 0.354. The molecule has 0 aliphatic rings. The van der Waals surface area contributed by atoms with Gasteiger partial charge in [-0.15, -0.1) is 0 Å². The van der Waals surface area contributed by atoms with Gasteiger partial charge in [0.2, 0.25) is 10.5 Å². The van der Waals surface area contributed by atoms with Gasteiger partial charge < -0.3 is 4.53 Å². The lowest BCUT2D eigenvalue weighted by molar-refractivity contribution is 0.368. The first kappa shape index (κ1) is 4.33. The van der Waals surface area contributed by atoms with Crippen molar-refractivity contribution in [1.29, 1.82) is 0 Å². The van der Waals surface area contributed by atoms with Gasteiger partial charge >= 0.3 is 0 Å². The van der Waals surface area contributed by atoms with Crippen LogP contribution in [0.15, 0.2) is 5.28 Å². The largest absolute Gasteiger partial charge is 0.498 e. The van der Waals surface area contributed by atoms with E-state index in [2.05, 4.69) is 14.7 Å². The van der Waals surface area contributed by atoms with Gasteiger partial charge in [-0.25, -0.2) is 0 Å². The molecule has 0 bridgehead atoms. The Bertz CT molecular complexity index is 53.9. The fraction of sp³-hybridized carbons (Fsp3) is 0. The minimum absolute atomic E-state index is 0.478. The Morgan fingerprint density at radius 1 is 2.00 bits per heavy atom. The molecule has 0 amide bonds. The number of rotatable bonds is 1. The molecule has 0 aromatic rings. The summed E-state index contributed by atoms with van der Waals surface area (Å²) in [6, 6.07) is 0. The van der Waals surface area contributed by atoms with Crippen LogP contribution < -0.4 is 0 Å². The molecule has 0 aliphatic carbocycles. The molecule has 0 unspecified atom stereocenters. The molecule has 5 heavy (non-hydrogen) atoms. The first-order valence-corrected chi connectivity index (χ1v) is 1.81. The highest BCUT2D eigenvalue weighted by molar-refractivity contribution is 5.97. The molecule has 0 aromatic heterocycles. The Balaban J connectivity index is 2.93. The summed E-state index contributed by atoms with van der Waals surface area (Å²) in [7, 11) is 0.478. The van der Waals surface area contributed by atoms with Gasteiger partial charge in [0.1, 0.15) is 0 Å². The van der Waals surface area contributed by atoms with Gasteiger partial charge in [0, 0.05) is 4.91 Å². The van der Waals surface area contributed by atoms with Crippen molar-refractivity contribution in [2.45, 2.75) is 0 Å². The molecule has 0 saturated heterocycles. The van der Waals surface area contributed by atoms with E-state index in [1.165, 1.54) is 0 Å². The van der Waals surface area contributed by atoms with Crippen molar-refractivity contribution >= 4 is 10.5 Å². The highest BCUT2D eigenvalue weighted by Gasteiger charge is 1.45. The van der Waals surface area contributed by atoms with Crippen LogP contribution in [0.5, 0.6) is 0 Å². The van der Waals surface area contributed by atoms with Crippen LogP contribution in [0.1, 0.15) is 0 Å². The molecule has 0 N–H and O–H groups in total. The average molecular weight is 89.1 g/mol. The predicted octanol–water partition coefficient (Wildman–Crippen LogP) is -0.491. The molecule has 0 atom stereocenters. The zero-order valence-electron chi connectivity index (χ0n) is 2.75. The molecule has 5 heteroatoms. The van der Waals surface area contributed by atoms with E-state index in [0.29, 0.717) is 10.5 Å². The SMILES string of the molecule is [N-]=[N+]=NO[SiH3]. The quantitative estimate of drug-likeness (QED) is 0.140. The zero-order valence-corrected chi connectivity index (χ0v) is 4.75. The molecular weight excluding hydrogens is 86.1 g/mol. The van der Waals surface area contributed by atoms with Gasteiger partial charge in [0.15, 0.2) is 0 Å². The van der Waals surface area contributed by atoms with Crippen LogP contribution in [0.3, 0.4) is 0 Å². The van der Waals surface area contributed by atoms with Crippen LogP contribution in [0.25, 0.3) is 10.4 Å². The maximum atomic E-state index is 7.42. The number of azide groups is 1. The third-order valence-electron chi connectivity index (χ3n) is 0.118. The van der Waals surface area contributed by atoms with Gasteiger partial charge in [0.05, 0.1) is 5.28 Å². The monoisotopic (exact) mass is 89.0 g/mol. The lowest BCUT2D eigenvalue weighted by Gasteiger charge is -1.71. The fourth-order valence-corrected chi connectivity index (χ4v) is 0.110.